The third-order valence-electron chi connectivity index (χ3n) is 19.2. The molecule has 0 amide bonds. The first kappa shape index (κ1) is 54.3. The minimum absolute atomic E-state index is 0. The van der Waals surface area contributed by atoms with Crippen molar-refractivity contribution in [1.29, 1.82) is 0 Å². The summed E-state index contributed by atoms with van der Waals surface area (Å²) in [5.74, 6) is -2.08. The zero-order valence-electron chi connectivity index (χ0n) is 41.0. The van der Waals surface area contributed by atoms with Crippen LogP contribution in [0.25, 0.3) is 0 Å². The van der Waals surface area contributed by atoms with Crippen LogP contribution >= 0.6 is 0 Å². The first-order valence-electron chi connectivity index (χ1n) is 22.0. The van der Waals surface area contributed by atoms with Crippen molar-refractivity contribution in [2.45, 2.75) is 198 Å². The fourth-order valence-corrected chi connectivity index (χ4v) is 11.0. The van der Waals surface area contributed by atoms with Crippen LogP contribution in [0, 0.1) is 98.6 Å². The van der Waals surface area contributed by atoms with Gasteiger partial charge in [0.15, 0.2) is 0 Å². The quantitative estimate of drug-likeness (QED) is 0.130. The molecule has 5 heteroatoms. The summed E-state index contributed by atoms with van der Waals surface area (Å²) >= 11 is 0. The highest BCUT2D eigenvalue weighted by Gasteiger charge is 2.67. The summed E-state index contributed by atoms with van der Waals surface area (Å²) in [6.45, 7) is 55.3. The molecule has 0 heterocycles. The highest BCUT2D eigenvalue weighted by atomic mass is 19.3. The van der Waals surface area contributed by atoms with E-state index in [0.717, 1.165) is 66.1 Å². The molecule has 3 fully saturated rings. The van der Waals surface area contributed by atoms with Gasteiger partial charge in [-0.25, -0.2) is 17.6 Å². The van der Waals surface area contributed by atoms with E-state index in [-0.39, 0.29) is 8.41 Å². The first-order chi connectivity index (χ1) is 23.9. The van der Waals surface area contributed by atoms with Gasteiger partial charge < -0.3 is 0 Å². The van der Waals surface area contributed by atoms with E-state index in [9.17, 15) is 17.6 Å². The zero-order chi connectivity index (χ0) is 43.2. The maximum Gasteiger partial charge on any atom is 0.259 e. The van der Waals surface area contributed by atoms with Crippen molar-refractivity contribution in [3.05, 3.63) is 22.3 Å². The van der Waals surface area contributed by atoms with E-state index in [0.29, 0.717) is 21.7 Å². The van der Waals surface area contributed by atoms with Crippen LogP contribution in [0.2, 0.25) is 0 Å². The SMILES string of the molecule is CC1=C(C)C(C)(C)C(C)C1C.CC1=C(C)C(C)(C)C(C)C1C.CC1C(C)C(C)(C)C(C)C1(C)C.CC1C(C)C(F)(F)C(C)C1(F)F.CC1CC(C)C(C)C1.[B]. The van der Waals surface area contributed by atoms with Crippen LogP contribution in [0.3, 0.4) is 0 Å². The molecule has 0 aromatic rings. The Kier molecular flexibility index (Phi) is 18.4. The van der Waals surface area contributed by atoms with Crippen molar-refractivity contribution < 1.29 is 17.6 Å². The number of rotatable bonds is 0. The first-order valence-corrected chi connectivity index (χ1v) is 22.0. The molecular formula is C50H92BF4. The van der Waals surface area contributed by atoms with Crippen LogP contribution in [0.5, 0.6) is 0 Å². The summed E-state index contributed by atoms with van der Waals surface area (Å²) in [4.78, 5) is 0. The van der Waals surface area contributed by atoms with Crippen molar-refractivity contribution in [2.24, 2.45) is 98.6 Å². The molecule has 0 N–H and O–H groups in total. The lowest BCUT2D eigenvalue weighted by Crippen LogP contribution is -2.32. The molecule has 10 atom stereocenters. The average molecular weight is 780 g/mol. The molecule has 55 heavy (non-hydrogen) atoms. The normalized spacial score (nSPS) is 41.1. The third kappa shape index (κ3) is 10.5. The van der Waals surface area contributed by atoms with Crippen molar-refractivity contribution in [2.75, 3.05) is 0 Å². The Bertz CT molecular complexity index is 1160. The second-order valence-corrected chi connectivity index (χ2v) is 22.3. The molecule has 0 saturated heterocycles. The molecule has 3 radical (unpaired) electrons. The monoisotopic (exact) mass is 780 g/mol. The highest BCUT2D eigenvalue weighted by Crippen LogP contribution is 2.60. The Morgan fingerprint density at radius 2 is 0.655 bits per heavy atom. The lowest BCUT2D eigenvalue weighted by molar-refractivity contribution is -0.123. The van der Waals surface area contributed by atoms with Gasteiger partial charge in [0, 0.05) is 20.2 Å². The van der Waals surface area contributed by atoms with Crippen molar-refractivity contribution >= 4 is 8.41 Å². The van der Waals surface area contributed by atoms with Gasteiger partial charge in [-0.3, -0.25) is 0 Å². The molecule has 5 aliphatic rings. The number of hydrogen-bond acceptors (Lipinski definition) is 0. The van der Waals surface area contributed by atoms with Gasteiger partial charge in [-0.2, -0.15) is 0 Å². The van der Waals surface area contributed by atoms with Crippen molar-refractivity contribution in [3.63, 3.8) is 0 Å². The number of halogens is 4. The van der Waals surface area contributed by atoms with Crippen LogP contribution in [0.4, 0.5) is 17.6 Å². The van der Waals surface area contributed by atoms with Gasteiger partial charge in [0.05, 0.1) is 5.92 Å². The smallest absolute Gasteiger partial charge is 0.206 e. The van der Waals surface area contributed by atoms with Crippen molar-refractivity contribution in [1.82, 2.24) is 0 Å². The number of allylic oxidation sites excluding steroid dienone is 4. The molecule has 3 saturated carbocycles. The topological polar surface area (TPSA) is 0 Å². The second kappa shape index (κ2) is 18.7. The number of hydrogen-bond donors (Lipinski definition) is 0. The fourth-order valence-electron chi connectivity index (χ4n) is 11.0. The molecule has 0 aliphatic heterocycles. The summed E-state index contributed by atoms with van der Waals surface area (Å²) in [5, 5.41) is 0. The Morgan fingerprint density at radius 3 is 0.727 bits per heavy atom. The van der Waals surface area contributed by atoms with E-state index in [1.54, 1.807) is 22.3 Å². The lowest BCUT2D eigenvalue weighted by Gasteiger charge is -2.33. The average Bonchev–Trinajstić information content (AvgIpc) is 3.57. The summed E-state index contributed by atoms with van der Waals surface area (Å²) < 4.78 is 52.0. The van der Waals surface area contributed by atoms with Gasteiger partial charge in [0.2, 0.25) is 0 Å². The maximum atomic E-state index is 13.0. The van der Waals surface area contributed by atoms with Gasteiger partial charge in [-0.05, 0) is 121 Å². The Balaban J connectivity index is 0.000000663. The fraction of sp³-hybridized carbons (Fsp3) is 0.920. The van der Waals surface area contributed by atoms with Crippen molar-refractivity contribution in [3.8, 4) is 0 Å². The summed E-state index contributed by atoms with van der Waals surface area (Å²) in [6, 6.07) is 0. The van der Waals surface area contributed by atoms with E-state index in [1.807, 2.05) is 0 Å². The Hall–Kier alpha value is -0.735. The number of alkyl halides is 4. The predicted octanol–water partition coefficient (Wildman–Crippen LogP) is 16.7. The lowest BCUT2D eigenvalue weighted by atomic mass is 9.72. The third-order valence-corrected chi connectivity index (χ3v) is 19.2. The predicted molar refractivity (Wildman–Crippen MR) is 236 cm³/mol. The van der Waals surface area contributed by atoms with Gasteiger partial charge in [0.1, 0.15) is 0 Å². The summed E-state index contributed by atoms with van der Waals surface area (Å²) in [6.07, 6.45) is 2.92. The second-order valence-electron chi connectivity index (χ2n) is 22.3. The Morgan fingerprint density at radius 1 is 0.400 bits per heavy atom. The highest BCUT2D eigenvalue weighted by molar-refractivity contribution is 5.75. The van der Waals surface area contributed by atoms with Crippen LogP contribution < -0.4 is 0 Å². The molecule has 323 valence electrons. The molecule has 0 aromatic heterocycles. The largest absolute Gasteiger partial charge is 0.259 e. The van der Waals surface area contributed by atoms with E-state index >= 15 is 0 Å². The zero-order valence-corrected chi connectivity index (χ0v) is 41.0. The Labute approximate surface area is 343 Å². The molecule has 0 nitrogen and oxygen atoms in total. The molecule has 5 aliphatic carbocycles. The van der Waals surface area contributed by atoms with Gasteiger partial charge in [-0.1, -0.05) is 168 Å². The summed E-state index contributed by atoms with van der Waals surface area (Å²) in [5.41, 5.74) is 8.35. The van der Waals surface area contributed by atoms with E-state index < -0.39 is 29.6 Å². The standard InChI is InChI=1S/C12H24.2C11H20.C8H12F4.C8H16.B/c1-8-9(2)12(6,7)10(3)11(8,4)5;2*1-7-8(2)10(4)11(5,6)9(7)3;1-4-5(2)8(11,12)6(3)7(4,9)10;1-6-4-7(2)8(3)5-6;/h8-10H,1-7H3;2*7,9H,1-6H3;4-6H,1-3H3;6-8H,4-5H2,1-3H3;. The van der Waals surface area contributed by atoms with E-state index in [4.69, 9.17) is 0 Å². The molecule has 0 spiro atoms. The van der Waals surface area contributed by atoms with Crippen LogP contribution in [-0.2, 0) is 0 Å². The summed E-state index contributed by atoms with van der Waals surface area (Å²) in [7, 11) is 0. The van der Waals surface area contributed by atoms with Gasteiger partial charge >= 0.3 is 0 Å². The van der Waals surface area contributed by atoms with Crippen LogP contribution in [0.15, 0.2) is 22.3 Å². The minimum Gasteiger partial charge on any atom is -0.206 e. The van der Waals surface area contributed by atoms with Gasteiger partial charge in [-0.15, -0.1) is 0 Å². The van der Waals surface area contributed by atoms with Gasteiger partial charge in [0.25, 0.3) is 11.8 Å². The maximum absolute atomic E-state index is 13.0. The molecule has 0 bridgehead atoms. The van der Waals surface area contributed by atoms with Crippen LogP contribution in [0.1, 0.15) is 186 Å². The van der Waals surface area contributed by atoms with E-state index in [2.05, 4.69) is 152 Å². The van der Waals surface area contributed by atoms with Crippen LogP contribution in [-0.4, -0.2) is 20.3 Å². The molecule has 5 rings (SSSR count). The molecular weight excluding hydrogens is 687 g/mol. The molecule has 10 unspecified atom stereocenters. The van der Waals surface area contributed by atoms with E-state index in [1.165, 1.54) is 26.7 Å². The molecule has 0 aromatic carbocycles. The minimum atomic E-state index is -3.23.